The highest BCUT2D eigenvalue weighted by molar-refractivity contribution is 9.10. The summed E-state index contributed by atoms with van der Waals surface area (Å²) >= 11 is 3.44. The van der Waals surface area contributed by atoms with Crippen LogP contribution in [0.5, 0.6) is 11.5 Å². The van der Waals surface area contributed by atoms with Gasteiger partial charge in [-0.05, 0) is 47.1 Å². The molecule has 0 radical (unpaired) electrons. The van der Waals surface area contributed by atoms with Crippen LogP contribution in [-0.2, 0) is 7.05 Å². The third-order valence-electron chi connectivity index (χ3n) is 3.87. The Balaban J connectivity index is 1.86. The van der Waals surface area contributed by atoms with Gasteiger partial charge < -0.3 is 19.4 Å². The van der Waals surface area contributed by atoms with E-state index in [2.05, 4.69) is 31.4 Å². The van der Waals surface area contributed by atoms with Crippen LogP contribution in [0.15, 0.2) is 47.2 Å². The minimum absolute atomic E-state index is 0.257. The van der Waals surface area contributed by atoms with Gasteiger partial charge in [-0.15, -0.1) is 10.2 Å². The minimum Gasteiger partial charge on any atom is -0.493 e. The SMILES string of the molecule is CCOc1c(Br)cc(C(=O)Nc2cccc(-c3nncn3C)c2)cc1OC. The summed E-state index contributed by atoms with van der Waals surface area (Å²) in [5.74, 6) is 1.52. The Morgan fingerprint density at radius 3 is 2.78 bits per heavy atom. The maximum atomic E-state index is 12.7. The third kappa shape index (κ3) is 4.11. The molecule has 140 valence electrons. The number of hydrogen-bond acceptors (Lipinski definition) is 5. The number of aromatic nitrogens is 3. The first-order valence-electron chi connectivity index (χ1n) is 8.29. The Morgan fingerprint density at radius 1 is 1.30 bits per heavy atom. The van der Waals surface area contributed by atoms with Crippen molar-refractivity contribution < 1.29 is 14.3 Å². The standard InChI is InChI=1S/C19H19BrN4O3/c1-4-27-17-15(20)9-13(10-16(17)26-3)19(25)22-14-7-5-6-12(8-14)18-23-21-11-24(18)2/h5-11H,4H2,1-3H3,(H,22,25). The number of ether oxygens (including phenoxy) is 2. The molecule has 0 aliphatic heterocycles. The first-order valence-corrected chi connectivity index (χ1v) is 9.09. The highest BCUT2D eigenvalue weighted by Crippen LogP contribution is 2.36. The molecule has 0 saturated carbocycles. The fourth-order valence-electron chi connectivity index (χ4n) is 2.62. The Labute approximate surface area is 165 Å². The van der Waals surface area contributed by atoms with E-state index >= 15 is 0 Å². The zero-order valence-electron chi connectivity index (χ0n) is 15.2. The van der Waals surface area contributed by atoms with Gasteiger partial charge in [-0.2, -0.15) is 0 Å². The van der Waals surface area contributed by atoms with Crippen LogP contribution in [-0.4, -0.2) is 34.4 Å². The Morgan fingerprint density at radius 2 is 2.11 bits per heavy atom. The first-order chi connectivity index (χ1) is 13.0. The number of benzene rings is 2. The molecule has 0 spiro atoms. The van der Waals surface area contributed by atoms with Crippen molar-refractivity contribution in [2.45, 2.75) is 6.92 Å². The molecule has 0 aliphatic carbocycles. The van der Waals surface area contributed by atoms with Gasteiger partial charge in [-0.3, -0.25) is 4.79 Å². The summed E-state index contributed by atoms with van der Waals surface area (Å²) in [6, 6.07) is 10.8. The molecule has 2 aromatic carbocycles. The van der Waals surface area contributed by atoms with Crippen molar-refractivity contribution >= 4 is 27.5 Å². The van der Waals surface area contributed by atoms with Crippen molar-refractivity contribution in [3.63, 3.8) is 0 Å². The topological polar surface area (TPSA) is 78.3 Å². The number of nitrogens with zero attached hydrogens (tertiary/aromatic N) is 3. The molecule has 1 amide bonds. The molecular weight excluding hydrogens is 412 g/mol. The molecule has 0 bridgehead atoms. The Kier molecular flexibility index (Phi) is 5.75. The molecular formula is C19H19BrN4O3. The van der Waals surface area contributed by atoms with Crippen LogP contribution in [0.3, 0.4) is 0 Å². The summed E-state index contributed by atoms with van der Waals surface area (Å²) in [7, 11) is 3.40. The van der Waals surface area contributed by atoms with E-state index in [4.69, 9.17) is 9.47 Å². The fraction of sp³-hybridized carbons (Fsp3) is 0.211. The quantitative estimate of drug-likeness (QED) is 0.641. The minimum atomic E-state index is -0.257. The van der Waals surface area contributed by atoms with E-state index in [-0.39, 0.29) is 5.91 Å². The van der Waals surface area contributed by atoms with Gasteiger partial charge in [0, 0.05) is 23.9 Å². The molecule has 8 heteroatoms. The van der Waals surface area contributed by atoms with Crippen molar-refractivity contribution in [3.05, 3.63) is 52.8 Å². The number of carbonyl (C=O) groups excluding carboxylic acids is 1. The molecule has 0 saturated heterocycles. The molecule has 3 rings (SSSR count). The molecule has 0 aliphatic rings. The smallest absolute Gasteiger partial charge is 0.255 e. The van der Waals surface area contributed by atoms with Crippen LogP contribution < -0.4 is 14.8 Å². The summed E-state index contributed by atoms with van der Waals surface area (Å²) < 4.78 is 13.4. The van der Waals surface area contributed by atoms with Crippen molar-refractivity contribution in [3.8, 4) is 22.9 Å². The van der Waals surface area contributed by atoms with Crippen molar-refractivity contribution in [2.75, 3.05) is 19.0 Å². The van der Waals surface area contributed by atoms with Gasteiger partial charge in [0.15, 0.2) is 17.3 Å². The molecule has 1 heterocycles. The van der Waals surface area contributed by atoms with Gasteiger partial charge >= 0.3 is 0 Å². The number of amides is 1. The molecule has 3 aromatic rings. The van der Waals surface area contributed by atoms with Gasteiger partial charge in [-0.1, -0.05) is 12.1 Å². The van der Waals surface area contributed by atoms with Crippen LogP contribution in [0.1, 0.15) is 17.3 Å². The van der Waals surface area contributed by atoms with Gasteiger partial charge in [-0.25, -0.2) is 0 Å². The highest BCUT2D eigenvalue weighted by atomic mass is 79.9. The number of hydrogen-bond donors (Lipinski definition) is 1. The highest BCUT2D eigenvalue weighted by Gasteiger charge is 2.16. The van der Waals surface area contributed by atoms with Crippen molar-refractivity contribution in [1.29, 1.82) is 0 Å². The number of nitrogens with one attached hydrogen (secondary N) is 1. The molecule has 27 heavy (non-hydrogen) atoms. The number of anilines is 1. The fourth-order valence-corrected chi connectivity index (χ4v) is 3.18. The number of methoxy groups -OCH3 is 1. The number of halogens is 1. The Bertz CT molecular complexity index is 971. The molecule has 7 nitrogen and oxygen atoms in total. The molecule has 0 unspecified atom stereocenters. The Hall–Kier alpha value is -2.87. The summed E-state index contributed by atoms with van der Waals surface area (Å²) in [5.41, 5.74) is 1.97. The van der Waals surface area contributed by atoms with E-state index in [0.717, 1.165) is 11.4 Å². The lowest BCUT2D eigenvalue weighted by molar-refractivity contribution is 0.102. The van der Waals surface area contributed by atoms with Gasteiger partial charge in [0.05, 0.1) is 18.2 Å². The average molecular weight is 431 g/mol. The largest absolute Gasteiger partial charge is 0.493 e. The van der Waals surface area contributed by atoms with E-state index in [1.165, 1.54) is 7.11 Å². The van der Waals surface area contributed by atoms with Gasteiger partial charge in [0.25, 0.3) is 5.91 Å². The van der Waals surface area contributed by atoms with Gasteiger partial charge in [0.1, 0.15) is 6.33 Å². The predicted octanol–water partition coefficient (Wildman–Crippen LogP) is 3.90. The summed E-state index contributed by atoms with van der Waals surface area (Å²) in [5, 5.41) is 10.9. The second kappa shape index (κ2) is 8.22. The number of carbonyl (C=O) groups is 1. The van der Waals surface area contributed by atoms with Gasteiger partial charge in [0.2, 0.25) is 0 Å². The molecule has 0 fully saturated rings. The summed E-state index contributed by atoms with van der Waals surface area (Å²) in [6.07, 6.45) is 1.63. The average Bonchev–Trinajstić information content (AvgIpc) is 3.09. The van der Waals surface area contributed by atoms with Crippen LogP contribution in [0.4, 0.5) is 5.69 Å². The number of aryl methyl sites for hydroxylation is 1. The lowest BCUT2D eigenvalue weighted by atomic mass is 10.1. The maximum Gasteiger partial charge on any atom is 0.255 e. The maximum absolute atomic E-state index is 12.7. The monoisotopic (exact) mass is 430 g/mol. The summed E-state index contributed by atoms with van der Waals surface area (Å²) in [6.45, 7) is 2.38. The third-order valence-corrected chi connectivity index (χ3v) is 4.46. The van der Waals surface area contributed by atoms with E-state index in [1.807, 2.05) is 42.8 Å². The molecule has 1 N–H and O–H groups in total. The summed E-state index contributed by atoms with van der Waals surface area (Å²) in [4.78, 5) is 12.7. The molecule has 0 atom stereocenters. The second-order valence-electron chi connectivity index (χ2n) is 5.72. The lowest BCUT2D eigenvalue weighted by Crippen LogP contribution is -2.12. The van der Waals surface area contributed by atoms with E-state index in [1.54, 1.807) is 18.5 Å². The van der Waals surface area contributed by atoms with E-state index in [0.29, 0.717) is 33.8 Å². The van der Waals surface area contributed by atoms with Crippen LogP contribution in [0, 0.1) is 0 Å². The van der Waals surface area contributed by atoms with Crippen LogP contribution in [0.25, 0.3) is 11.4 Å². The van der Waals surface area contributed by atoms with E-state index < -0.39 is 0 Å². The second-order valence-corrected chi connectivity index (χ2v) is 6.58. The van der Waals surface area contributed by atoms with Crippen LogP contribution in [0.2, 0.25) is 0 Å². The molecule has 1 aromatic heterocycles. The lowest BCUT2D eigenvalue weighted by Gasteiger charge is -2.13. The normalized spacial score (nSPS) is 10.5. The van der Waals surface area contributed by atoms with Crippen LogP contribution >= 0.6 is 15.9 Å². The van der Waals surface area contributed by atoms with E-state index in [9.17, 15) is 4.79 Å². The number of rotatable bonds is 6. The first kappa shape index (κ1) is 18.9. The predicted molar refractivity (Wildman–Crippen MR) is 106 cm³/mol. The zero-order valence-corrected chi connectivity index (χ0v) is 16.8. The van der Waals surface area contributed by atoms with Crippen molar-refractivity contribution in [1.82, 2.24) is 14.8 Å². The van der Waals surface area contributed by atoms with Crippen molar-refractivity contribution in [2.24, 2.45) is 7.05 Å². The zero-order chi connectivity index (χ0) is 19.4.